The number of para-hydroxylation sites is 1. The molecule has 0 radical (unpaired) electrons. The minimum atomic E-state index is -4.20. The summed E-state index contributed by atoms with van der Waals surface area (Å²) in [6, 6.07) is 29.3. The third-order valence-corrected chi connectivity index (χ3v) is 9.66. The zero-order valence-corrected chi connectivity index (χ0v) is 27.5. The van der Waals surface area contributed by atoms with E-state index in [2.05, 4.69) is 5.32 Å². The summed E-state index contributed by atoms with van der Waals surface area (Å²) in [7, 11) is -4.20. The first kappa shape index (κ1) is 33.7. The summed E-state index contributed by atoms with van der Waals surface area (Å²) in [4.78, 5) is 29.9. The van der Waals surface area contributed by atoms with Crippen LogP contribution in [0.3, 0.4) is 0 Å². The molecular weight excluding hydrogens is 606 g/mol. The molecule has 7 nitrogen and oxygen atoms in total. The number of amides is 2. The van der Waals surface area contributed by atoms with Crippen molar-refractivity contribution < 1.29 is 18.0 Å². The Labute approximate surface area is 271 Å². The van der Waals surface area contributed by atoms with Crippen LogP contribution < -0.4 is 9.62 Å². The Kier molecular flexibility index (Phi) is 11.8. The molecule has 4 aromatic carbocycles. The molecule has 0 aromatic heterocycles. The Morgan fingerprint density at radius 1 is 0.822 bits per heavy atom. The van der Waals surface area contributed by atoms with Gasteiger partial charge in [0.05, 0.1) is 10.6 Å². The van der Waals surface area contributed by atoms with Gasteiger partial charge in [0.15, 0.2) is 0 Å². The number of halogens is 1. The maximum absolute atomic E-state index is 14.5. The minimum absolute atomic E-state index is 0.00572. The Hall–Kier alpha value is -4.14. The van der Waals surface area contributed by atoms with Crippen LogP contribution in [-0.2, 0) is 32.6 Å². The molecule has 4 aromatic rings. The number of anilines is 1. The summed E-state index contributed by atoms with van der Waals surface area (Å²) < 4.78 is 29.4. The number of carbonyl (C=O) groups is 2. The first-order valence-corrected chi connectivity index (χ1v) is 16.9. The summed E-state index contributed by atoms with van der Waals surface area (Å²) in [5.74, 6) is -0.779. The monoisotopic (exact) mass is 645 g/mol. The van der Waals surface area contributed by atoms with Crippen LogP contribution in [0.15, 0.2) is 108 Å². The number of nitrogens with one attached hydrogen (secondary N) is 1. The first-order chi connectivity index (χ1) is 21.6. The Morgan fingerprint density at radius 2 is 1.47 bits per heavy atom. The van der Waals surface area contributed by atoms with Crippen molar-refractivity contribution >= 4 is 39.1 Å². The summed E-state index contributed by atoms with van der Waals surface area (Å²) in [5.41, 5.74) is 3.85. The van der Waals surface area contributed by atoms with Gasteiger partial charge < -0.3 is 10.2 Å². The highest BCUT2D eigenvalue weighted by molar-refractivity contribution is 7.92. The number of carbonyl (C=O) groups excluding carboxylic acids is 2. The smallest absolute Gasteiger partial charge is 0.264 e. The maximum atomic E-state index is 14.5. The second-order valence-corrected chi connectivity index (χ2v) is 13.4. The van der Waals surface area contributed by atoms with Gasteiger partial charge in [0.25, 0.3) is 10.0 Å². The second kappa shape index (κ2) is 15.7. The van der Waals surface area contributed by atoms with Crippen LogP contribution in [0, 0.1) is 13.8 Å². The van der Waals surface area contributed by atoms with E-state index in [1.165, 1.54) is 29.2 Å². The molecule has 0 aliphatic rings. The Balaban J connectivity index is 1.79. The first-order valence-electron chi connectivity index (χ1n) is 15.1. The van der Waals surface area contributed by atoms with E-state index in [1.807, 2.05) is 74.5 Å². The highest BCUT2D eigenvalue weighted by atomic mass is 35.5. The van der Waals surface area contributed by atoms with Crippen LogP contribution in [-0.4, -0.2) is 44.3 Å². The largest absolute Gasteiger partial charge is 0.354 e. The van der Waals surface area contributed by atoms with Crippen LogP contribution >= 0.6 is 11.6 Å². The van der Waals surface area contributed by atoms with Crippen molar-refractivity contribution in [2.75, 3.05) is 17.4 Å². The van der Waals surface area contributed by atoms with E-state index in [-0.39, 0.29) is 23.8 Å². The molecule has 9 heteroatoms. The molecular formula is C36H40ClN3O4S. The molecule has 0 spiro atoms. The minimum Gasteiger partial charge on any atom is -0.354 e. The second-order valence-electron chi connectivity index (χ2n) is 11.1. The van der Waals surface area contributed by atoms with E-state index >= 15 is 0 Å². The van der Waals surface area contributed by atoms with Gasteiger partial charge >= 0.3 is 0 Å². The molecule has 0 heterocycles. The summed E-state index contributed by atoms with van der Waals surface area (Å²) >= 11 is 6.07. The van der Waals surface area contributed by atoms with Gasteiger partial charge in [0, 0.05) is 24.5 Å². The highest BCUT2D eigenvalue weighted by Crippen LogP contribution is 2.28. The van der Waals surface area contributed by atoms with Gasteiger partial charge in [-0.15, -0.1) is 0 Å². The van der Waals surface area contributed by atoms with Crippen LogP contribution in [0.25, 0.3) is 0 Å². The topological polar surface area (TPSA) is 86.8 Å². The zero-order valence-electron chi connectivity index (χ0n) is 25.9. The molecule has 1 N–H and O–H groups in total. The number of nitrogens with zero attached hydrogens (tertiary/aromatic N) is 2. The highest BCUT2D eigenvalue weighted by Gasteiger charge is 2.35. The van der Waals surface area contributed by atoms with Crippen LogP contribution in [0.5, 0.6) is 0 Å². The standard InChI is InChI=1S/C36H40ClN3O4S/c1-4-5-23-38-36(42)34(24-29-12-7-6-8-13-29)39(25-30-17-15-27(2)16-18-30)35(41)26-40(33-14-10-9-11-28(33)3)45(43,44)32-21-19-31(37)20-22-32/h6-22,34H,4-5,23-26H2,1-3H3,(H,38,42). The fourth-order valence-electron chi connectivity index (χ4n) is 5.04. The third-order valence-electron chi connectivity index (χ3n) is 7.64. The van der Waals surface area contributed by atoms with E-state index in [9.17, 15) is 18.0 Å². The van der Waals surface area contributed by atoms with Crippen molar-refractivity contribution in [2.45, 2.75) is 57.5 Å². The molecule has 0 fully saturated rings. The van der Waals surface area contributed by atoms with Crippen LogP contribution in [0.1, 0.15) is 42.0 Å². The SMILES string of the molecule is CCCCNC(=O)C(Cc1ccccc1)N(Cc1ccc(C)cc1)C(=O)CN(c1ccccc1C)S(=O)(=O)c1ccc(Cl)cc1. The van der Waals surface area contributed by atoms with Gasteiger partial charge in [-0.25, -0.2) is 8.42 Å². The lowest BCUT2D eigenvalue weighted by atomic mass is 10.0. The van der Waals surface area contributed by atoms with Gasteiger partial charge in [0.2, 0.25) is 11.8 Å². The predicted octanol–water partition coefficient (Wildman–Crippen LogP) is 6.71. The van der Waals surface area contributed by atoms with Crippen molar-refractivity contribution in [2.24, 2.45) is 0 Å². The average molecular weight is 646 g/mol. The number of sulfonamides is 1. The van der Waals surface area contributed by atoms with Crippen molar-refractivity contribution in [3.8, 4) is 0 Å². The summed E-state index contributed by atoms with van der Waals surface area (Å²) in [6.07, 6.45) is 1.98. The molecule has 1 atom stereocenters. The van der Waals surface area contributed by atoms with Gasteiger partial charge in [-0.3, -0.25) is 13.9 Å². The van der Waals surface area contributed by atoms with Crippen molar-refractivity contribution in [1.82, 2.24) is 10.2 Å². The third kappa shape index (κ3) is 8.96. The van der Waals surface area contributed by atoms with E-state index in [0.717, 1.165) is 33.8 Å². The molecule has 2 amide bonds. The van der Waals surface area contributed by atoms with Crippen LogP contribution in [0.2, 0.25) is 5.02 Å². The average Bonchev–Trinajstić information content (AvgIpc) is 3.03. The normalized spacial score (nSPS) is 11.9. The molecule has 1 unspecified atom stereocenters. The lowest BCUT2D eigenvalue weighted by molar-refractivity contribution is -0.140. The quantitative estimate of drug-likeness (QED) is 0.155. The lowest BCUT2D eigenvalue weighted by Crippen LogP contribution is -2.53. The van der Waals surface area contributed by atoms with E-state index < -0.39 is 28.5 Å². The maximum Gasteiger partial charge on any atom is 0.264 e. The van der Waals surface area contributed by atoms with Gasteiger partial charge in [0.1, 0.15) is 12.6 Å². The molecule has 0 saturated heterocycles. The molecule has 0 aliphatic carbocycles. The fraction of sp³-hybridized carbons (Fsp3) is 0.278. The van der Waals surface area contributed by atoms with Gasteiger partial charge in [-0.2, -0.15) is 0 Å². The summed E-state index contributed by atoms with van der Waals surface area (Å²) in [6.45, 7) is 5.92. The number of aryl methyl sites for hydroxylation is 2. The number of rotatable bonds is 14. The van der Waals surface area contributed by atoms with Crippen LogP contribution in [0.4, 0.5) is 5.69 Å². The van der Waals surface area contributed by atoms with E-state index in [1.54, 1.807) is 25.1 Å². The predicted molar refractivity (Wildman–Crippen MR) is 181 cm³/mol. The van der Waals surface area contributed by atoms with Crippen molar-refractivity contribution in [3.05, 3.63) is 130 Å². The van der Waals surface area contributed by atoms with Crippen molar-refractivity contribution in [3.63, 3.8) is 0 Å². The van der Waals surface area contributed by atoms with Crippen molar-refractivity contribution in [1.29, 1.82) is 0 Å². The fourth-order valence-corrected chi connectivity index (χ4v) is 6.65. The molecule has 236 valence electrons. The molecule has 0 aliphatic heterocycles. The molecule has 4 rings (SSSR count). The molecule has 0 saturated carbocycles. The molecule has 0 bridgehead atoms. The van der Waals surface area contributed by atoms with Gasteiger partial charge in [-0.1, -0.05) is 103 Å². The Morgan fingerprint density at radius 3 is 2.11 bits per heavy atom. The number of unbranched alkanes of at least 4 members (excludes halogenated alkanes) is 1. The Bertz CT molecular complexity index is 1680. The van der Waals surface area contributed by atoms with E-state index in [4.69, 9.17) is 11.6 Å². The number of hydrogen-bond acceptors (Lipinski definition) is 4. The number of hydrogen-bond donors (Lipinski definition) is 1. The molecule has 45 heavy (non-hydrogen) atoms. The summed E-state index contributed by atoms with van der Waals surface area (Å²) in [5, 5.41) is 3.41. The van der Waals surface area contributed by atoms with Gasteiger partial charge in [-0.05, 0) is 67.3 Å². The lowest BCUT2D eigenvalue weighted by Gasteiger charge is -2.34. The zero-order chi connectivity index (χ0) is 32.4. The van der Waals surface area contributed by atoms with E-state index in [0.29, 0.717) is 22.8 Å². The number of benzene rings is 4.